The lowest BCUT2D eigenvalue weighted by Gasteiger charge is -2.28. The Bertz CT molecular complexity index is 696. The second-order valence-corrected chi connectivity index (χ2v) is 6.33. The molecule has 0 unspecified atom stereocenters. The summed E-state index contributed by atoms with van der Waals surface area (Å²) in [4.78, 5) is 12.6. The highest BCUT2D eigenvalue weighted by molar-refractivity contribution is 5.96. The summed E-state index contributed by atoms with van der Waals surface area (Å²) < 4.78 is 5.35. The number of carbonyl (C=O) groups excluding carboxylic acids is 1. The first-order valence-corrected chi connectivity index (χ1v) is 8.33. The maximum atomic E-state index is 12.6. The lowest BCUT2D eigenvalue weighted by molar-refractivity contribution is -0.0140. The Morgan fingerprint density at radius 1 is 1.21 bits per heavy atom. The molecule has 24 heavy (non-hydrogen) atoms. The van der Waals surface area contributed by atoms with Crippen LogP contribution in [0.2, 0.25) is 0 Å². The SMILES string of the molecule is Cc1ccc(Cc2ccccc2C(=O)N[C@@H]2COCC[C@H]2O)cc1. The zero-order valence-electron chi connectivity index (χ0n) is 13.9. The van der Waals surface area contributed by atoms with Crippen LogP contribution in [0.1, 0.15) is 33.5 Å². The van der Waals surface area contributed by atoms with Crippen LogP contribution >= 0.6 is 0 Å². The smallest absolute Gasteiger partial charge is 0.251 e. The fourth-order valence-electron chi connectivity index (χ4n) is 2.93. The molecule has 2 aromatic rings. The van der Waals surface area contributed by atoms with Crippen LogP contribution in [0.3, 0.4) is 0 Å². The molecule has 4 nitrogen and oxygen atoms in total. The van der Waals surface area contributed by atoms with E-state index in [9.17, 15) is 9.90 Å². The van der Waals surface area contributed by atoms with E-state index in [1.807, 2.05) is 24.3 Å². The first kappa shape index (κ1) is 16.7. The van der Waals surface area contributed by atoms with Crippen molar-refractivity contribution in [1.29, 1.82) is 0 Å². The lowest BCUT2D eigenvalue weighted by Crippen LogP contribution is -2.49. The number of benzene rings is 2. The minimum Gasteiger partial charge on any atom is -0.391 e. The Morgan fingerprint density at radius 2 is 1.96 bits per heavy atom. The molecule has 2 aromatic carbocycles. The van der Waals surface area contributed by atoms with Crippen molar-refractivity contribution in [3.63, 3.8) is 0 Å². The van der Waals surface area contributed by atoms with Crippen molar-refractivity contribution in [3.8, 4) is 0 Å². The van der Waals surface area contributed by atoms with Gasteiger partial charge in [-0.1, -0.05) is 48.0 Å². The predicted octanol–water partition coefficient (Wildman–Crippen LogP) is 2.47. The molecule has 1 amide bonds. The molecule has 0 saturated carbocycles. The first-order chi connectivity index (χ1) is 11.6. The Balaban J connectivity index is 1.75. The fraction of sp³-hybridized carbons (Fsp3) is 0.350. The number of aliphatic hydroxyl groups excluding tert-OH is 1. The molecule has 0 spiro atoms. The van der Waals surface area contributed by atoms with E-state index in [1.54, 1.807) is 0 Å². The second kappa shape index (κ2) is 7.60. The molecule has 2 atom stereocenters. The monoisotopic (exact) mass is 325 g/mol. The molecule has 3 rings (SSSR count). The Morgan fingerprint density at radius 3 is 2.71 bits per heavy atom. The third-order valence-electron chi connectivity index (χ3n) is 4.41. The Kier molecular flexibility index (Phi) is 5.28. The summed E-state index contributed by atoms with van der Waals surface area (Å²) in [5.74, 6) is -0.160. The summed E-state index contributed by atoms with van der Waals surface area (Å²) in [6.07, 6.45) is 0.704. The van der Waals surface area contributed by atoms with Crippen LogP contribution in [0.4, 0.5) is 0 Å². The molecule has 1 fully saturated rings. The number of amides is 1. The molecule has 4 heteroatoms. The minimum atomic E-state index is -0.549. The largest absolute Gasteiger partial charge is 0.391 e. The number of rotatable bonds is 4. The summed E-state index contributed by atoms with van der Waals surface area (Å²) in [5.41, 5.74) is 4.01. The zero-order valence-corrected chi connectivity index (χ0v) is 13.9. The highest BCUT2D eigenvalue weighted by Gasteiger charge is 2.26. The number of hydrogen-bond acceptors (Lipinski definition) is 3. The number of nitrogens with one attached hydrogen (secondary N) is 1. The summed E-state index contributed by atoms with van der Waals surface area (Å²) in [6.45, 7) is 2.95. The second-order valence-electron chi connectivity index (χ2n) is 6.33. The molecule has 1 aliphatic heterocycles. The van der Waals surface area contributed by atoms with E-state index >= 15 is 0 Å². The van der Waals surface area contributed by atoms with Gasteiger partial charge in [-0.15, -0.1) is 0 Å². The maximum absolute atomic E-state index is 12.6. The van der Waals surface area contributed by atoms with Crippen LogP contribution in [-0.4, -0.2) is 36.4 Å². The predicted molar refractivity (Wildman–Crippen MR) is 93.1 cm³/mol. The number of carbonyl (C=O) groups is 1. The molecule has 0 bridgehead atoms. The van der Waals surface area contributed by atoms with Crippen molar-refractivity contribution in [1.82, 2.24) is 5.32 Å². The van der Waals surface area contributed by atoms with E-state index in [0.29, 0.717) is 31.6 Å². The third kappa shape index (κ3) is 4.02. The van der Waals surface area contributed by atoms with E-state index < -0.39 is 6.10 Å². The molecular weight excluding hydrogens is 302 g/mol. The van der Waals surface area contributed by atoms with Gasteiger partial charge in [-0.25, -0.2) is 0 Å². The molecule has 0 aromatic heterocycles. The van der Waals surface area contributed by atoms with Gasteiger partial charge in [-0.05, 0) is 37.0 Å². The molecule has 1 saturated heterocycles. The average molecular weight is 325 g/mol. The molecule has 0 aliphatic carbocycles. The highest BCUT2D eigenvalue weighted by atomic mass is 16.5. The maximum Gasteiger partial charge on any atom is 0.251 e. The van der Waals surface area contributed by atoms with Gasteiger partial charge in [0.15, 0.2) is 0 Å². The summed E-state index contributed by atoms with van der Waals surface area (Å²) in [6, 6.07) is 15.6. The van der Waals surface area contributed by atoms with Gasteiger partial charge in [-0.3, -0.25) is 4.79 Å². The lowest BCUT2D eigenvalue weighted by atomic mass is 9.98. The number of aliphatic hydroxyl groups is 1. The fourth-order valence-corrected chi connectivity index (χ4v) is 2.93. The average Bonchev–Trinajstić information content (AvgIpc) is 2.59. The van der Waals surface area contributed by atoms with Crippen LogP contribution in [0.25, 0.3) is 0 Å². The zero-order chi connectivity index (χ0) is 16.9. The van der Waals surface area contributed by atoms with Crippen molar-refractivity contribution < 1.29 is 14.6 Å². The van der Waals surface area contributed by atoms with Crippen molar-refractivity contribution >= 4 is 5.91 Å². The van der Waals surface area contributed by atoms with Gasteiger partial charge in [0, 0.05) is 12.2 Å². The van der Waals surface area contributed by atoms with Crippen LogP contribution in [-0.2, 0) is 11.2 Å². The summed E-state index contributed by atoms with van der Waals surface area (Å²) in [5, 5.41) is 12.9. The van der Waals surface area contributed by atoms with E-state index in [1.165, 1.54) is 11.1 Å². The van der Waals surface area contributed by atoms with Gasteiger partial charge in [-0.2, -0.15) is 0 Å². The van der Waals surface area contributed by atoms with E-state index in [4.69, 9.17) is 4.74 Å². The third-order valence-corrected chi connectivity index (χ3v) is 4.41. The van der Waals surface area contributed by atoms with Crippen molar-refractivity contribution in [2.75, 3.05) is 13.2 Å². The highest BCUT2D eigenvalue weighted by Crippen LogP contribution is 2.16. The standard InChI is InChI=1S/C20H23NO3/c1-14-6-8-15(9-7-14)12-16-4-2-3-5-17(16)20(23)21-18-13-24-11-10-19(18)22/h2-9,18-19,22H,10-13H2,1H3,(H,21,23)/t18-,19-/m1/s1. The van der Waals surface area contributed by atoms with Crippen LogP contribution in [0.5, 0.6) is 0 Å². The van der Waals surface area contributed by atoms with Gasteiger partial charge in [0.2, 0.25) is 0 Å². The van der Waals surface area contributed by atoms with Crippen molar-refractivity contribution in [3.05, 3.63) is 70.8 Å². The van der Waals surface area contributed by atoms with Gasteiger partial charge in [0.05, 0.1) is 18.8 Å². The van der Waals surface area contributed by atoms with E-state index in [0.717, 1.165) is 5.56 Å². The van der Waals surface area contributed by atoms with Crippen molar-refractivity contribution in [2.45, 2.75) is 31.9 Å². The molecule has 1 heterocycles. The van der Waals surface area contributed by atoms with Gasteiger partial charge >= 0.3 is 0 Å². The number of aryl methyl sites for hydroxylation is 1. The Labute approximate surface area is 142 Å². The summed E-state index contributed by atoms with van der Waals surface area (Å²) >= 11 is 0. The van der Waals surface area contributed by atoms with Gasteiger partial charge in [0.1, 0.15) is 0 Å². The van der Waals surface area contributed by atoms with Gasteiger partial charge < -0.3 is 15.2 Å². The molecule has 1 aliphatic rings. The van der Waals surface area contributed by atoms with Crippen LogP contribution < -0.4 is 5.32 Å². The van der Waals surface area contributed by atoms with Crippen LogP contribution in [0, 0.1) is 6.92 Å². The minimum absolute atomic E-state index is 0.160. The normalized spacial score (nSPS) is 20.6. The number of ether oxygens (including phenoxy) is 1. The topological polar surface area (TPSA) is 58.6 Å². The first-order valence-electron chi connectivity index (χ1n) is 8.33. The van der Waals surface area contributed by atoms with E-state index in [-0.39, 0.29) is 11.9 Å². The quantitative estimate of drug-likeness (QED) is 0.908. The molecular formula is C20H23NO3. The van der Waals surface area contributed by atoms with Crippen LogP contribution in [0.15, 0.2) is 48.5 Å². The van der Waals surface area contributed by atoms with E-state index in [2.05, 4.69) is 36.5 Å². The number of hydrogen-bond donors (Lipinski definition) is 2. The molecule has 0 radical (unpaired) electrons. The van der Waals surface area contributed by atoms with Gasteiger partial charge in [0.25, 0.3) is 5.91 Å². The molecule has 126 valence electrons. The Hall–Kier alpha value is -2.17. The summed E-state index contributed by atoms with van der Waals surface area (Å²) in [7, 11) is 0. The molecule has 2 N–H and O–H groups in total. The van der Waals surface area contributed by atoms with Crippen molar-refractivity contribution in [2.24, 2.45) is 0 Å².